The molecule has 0 aliphatic carbocycles. The number of para-hydroxylation sites is 2. The van der Waals surface area contributed by atoms with Crippen LogP contribution >= 0.6 is 0 Å². The summed E-state index contributed by atoms with van der Waals surface area (Å²) in [6.07, 6.45) is 3.18. The van der Waals surface area contributed by atoms with Crippen LogP contribution in [0.2, 0.25) is 0 Å². The maximum Gasteiger partial charge on any atom is 0.237 e. The van der Waals surface area contributed by atoms with Gasteiger partial charge in [-0.05, 0) is 32.1 Å². The molecular formula is C15H16N4O2. The molecular weight excluding hydrogens is 268 g/mol. The predicted octanol–water partition coefficient (Wildman–Crippen LogP) is 1.95. The van der Waals surface area contributed by atoms with Crippen molar-refractivity contribution in [3.05, 3.63) is 36.0 Å². The second-order valence-electron chi connectivity index (χ2n) is 5.11. The number of hydrogen-bond acceptors (Lipinski definition) is 5. The molecule has 1 aromatic rings. The van der Waals surface area contributed by atoms with Crippen molar-refractivity contribution in [3.8, 4) is 5.75 Å². The lowest BCUT2D eigenvalue weighted by Gasteiger charge is -2.28. The van der Waals surface area contributed by atoms with Gasteiger partial charge in [0.25, 0.3) is 0 Å². The Hall–Kier alpha value is -2.63. The zero-order valence-corrected chi connectivity index (χ0v) is 11.8. The number of phenols is 1. The number of amides is 1. The van der Waals surface area contributed by atoms with E-state index >= 15 is 0 Å². The summed E-state index contributed by atoms with van der Waals surface area (Å²) in [6, 6.07) is 6.63. The summed E-state index contributed by atoms with van der Waals surface area (Å²) in [7, 11) is 0. The molecule has 2 aliphatic heterocycles. The Balaban J connectivity index is 1.79. The first-order chi connectivity index (χ1) is 10.1. The third kappa shape index (κ3) is 2.40. The topological polar surface area (TPSA) is 77.3 Å². The molecule has 2 heterocycles. The first-order valence-corrected chi connectivity index (χ1v) is 6.71. The van der Waals surface area contributed by atoms with Gasteiger partial charge in [0.2, 0.25) is 5.91 Å². The predicted molar refractivity (Wildman–Crippen MR) is 81.2 cm³/mol. The lowest BCUT2D eigenvalue weighted by Crippen LogP contribution is -2.38. The maximum atomic E-state index is 12.4. The van der Waals surface area contributed by atoms with Crippen molar-refractivity contribution >= 4 is 23.5 Å². The van der Waals surface area contributed by atoms with E-state index in [1.807, 2.05) is 19.9 Å². The number of hydrazone groups is 1. The quantitative estimate of drug-likeness (QED) is 0.815. The van der Waals surface area contributed by atoms with E-state index in [9.17, 15) is 9.90 Å². The van der Waals surface area contributed by atoms with Crippen LogP contribution < -0.4 is 5.32 Å². The van der Waals surface area contributed by atoms with E-state index in [2.05, 4.69) is 15.4 Å². The van der Waals surface area contributed by atoms with Crippen LogP contribution in [0.5, 0.6) is 5.75 Å². The number of carbonyl (C=O) groups excluding carboxylic acids is 1. The third-order valence-electron chi connectivity index (χ3n) is 3.50. The molecule has 2 unspecified atom stereocenters. The summed E-state index contributed by atoms with van der Waals surface area (Å²) in [5.74, 6) is -0.681. The van der Waals surface area contributed by atoms with Crippen LogP contribution in [0.4, 0.5) is 5.69 Å². The largest absolute Gasteiger partial charge is 0.506 e. The molecule has 21 heavy (non-hydrogen) atoms. The van der Waals surface area contributed by atoms with Crippen molar-refractivity contribution in [2.45, 2.75) is 20.0 Å². The maximum absolute atomic E-state index is 12.4. The van der Waals surface area contributed by atoms with Gasteiger partial charge in [0.05, 0.1) is 5.69 Å². The van der Waals surface area contributed by atoms with Gasteiger partial charge in [0.1, 0.15) is 11.7 Å². The van der Waals surface area contributed by atoms with Gasteiger partial charge in [0.15, 0.2) is 6.17 Å². The Morgan fingerprint density at radius 3 is 2.86 bits per heavy atom. The van der Waals surface area contributed by atoms with Gasteiger partial charge in [0, 0.05) is 17.6 Å². The van der Waals surface area contributed by atoms with Crippen molar-refractivity contribution in [2.75, 3.05) is 5.32 Å². The summed E-state index contributed by atoms with van der Waals surface area (Å²) < 4.78 is 0. The standard InChI is InChI=1S/C15H16N4O2/c1-9-7-10(2)19-14(17-9)11(8-16-19)15(21)18-12-5-3-4-6-13(12)20/h3-8,11,14,20H,1-2H3,(H,18,21). The minimum atomic E-state index is -0.483. The van der Waals surface area contributed by atoms with Crippen molar-refractivity contribution in [1.82, 2.24) is 5.01 Å². The molecule has 1 aromatic carbocycles. The van der Waals surface area contributed by atoms with E-state index < -0.39 is 5.92 Å². The molecule has 0 saturated carbocycles. The lowest BCUT2D eigenvalue weighted by molar-refractivity contribution is -0.118. The van der Waals surface area contributed by atoms with Crippen LogP contribution in [0, 0.1) is 5.92 Å². The van der Waals surface area contributed by atoms with Gasteiger partial charge in [-0.25, -0.2) is 5.01 Å². The molecule has 0 spiro atoms. The average molecular weight is 284 g/mol. The summed E-state index contributed by atoms with van der Waals surface area (Å²) >= 11 is 0. The number of rotatable bonds is 2. The monoisotopic (exact) mass is 284 g/mol. The first-order valence-electron chi connectivity index (χ1n) is 6.71. The van der Waals surface area contributed by atoms with Gasteiger partial charge < -0.3 is 10.4 Å². The number of nitrogens with zero attached hydrogens (tertiary/aromatic N) is 3. The highest BCUT2D eigenvalue weighted by atomic mass is 16.3. The zero-order chi connectivity index (χ0) is 15.0. The number of allylic oxidation sites excluding steroid dienone is 2. The molecule has 108 valence electrons. The number of aliphatic imine (C=N–C) groups is 1. The Kier molecular flexibility index (Phi) is 3.21. The summed E-state index contributed by atoms with van der Waals surface area (Å²) in [4.78, 5) is 16.9. The lowest BCUT2D eigenvalue weighted by atomic mass is 10.1. The Bertz CT molecular complexity index is 678. The van der Waals surface area contributed by atoms with Crippen LogP contribution in [0.3, 0.4) is 0 Å². The molecule has 6 heteroatoms. The minimum absolute atomic E-state index is 0.0389. The number of benzene rings is 1. The van der Waals surface area contributed by atoms with Gasteiger partial charge in [-0.3, -0.25) is 9.79 Å². The van der Waals surface area contributed by atoms with Gasteiger partial charge >= 0.3 is 0 Å². The van der Waals surface area contributed by atoms with Crippen molar-refractivity contribution in [2.24, 2.45) is 16.0 Å². The Morgan fingerprint density at radius 1 is 1.33 bits per heavy atom. The third-order valence-corrected chi connectivity index (χ3v) is 3.50. The molecule has 0 fully saturated rings. The Labute approximate surface area is 122 Å². The normalized spacial score (nSPS) is 23.4. The molecule has 2 aliphatic rings. The van der Waals surface area contributed by atoms with E-state index in [4.69, 9.17) is 0 Å². The number of carbonyl (C=O) groups is 1. The molecule has 0 bridgehead atoms. The second kappa shape index (κ2) is 5.05. The molecule has 2 atom stereocenters. The first kappa shape index (κ1) is 13.4. The molecule has 1 amide bonds. The summed E-state index contributed by atoms with van der Waals surface area (Å²) in [5, 5.41) is 18.4. The molecule has 0 radical (unpaired) electrons. The van der Waals surface area contributed by atoms with Gasteiger partial charge in [-0.1, -0.05) is 12.1 Å². The molecule has 3 rings (SSSR count). The van der Waals surface area contributed by atoms with Crippen LogP contribution in [-0.4, -0.2) is 34.1 Å². The van der Waals surface area contributed by atoms with Crippen molar-refractivity contribution in [1.29, 1.82) is 0 Å². The highest BCUT2D eigenvalue weighted by molar-refractivity contribution is 6.04. The summed E-state index contributed by atoms with van der Waals surface area (Å²) in [6.45, 7) is 3.84. The smallest absolute Gasteiger partial charge is 0.237 e. The van der Waals surface area contributed by atoms with Crippen molar-refractivity contribution < 1.29 is 9.90 Å². The van der Waals surface area contributed by atoms with Gasteiger partial charge in [-0.15, -0.1) is 0 Å². The van der Waals surface area contributed by atoms with Crippen LogP contribution in [0.1, 0.15) is 13.8 Å². The van der Waals surface area contributed by atoms with E-state index in [0.29, 0.717) is 5.69 Å². The fourth-order valence-corrected chi connectivity index (χ4v) is 2.49. The number of hydrogen-bond donors (Lipinski definition) is 2. The van der Waals surface area contributed by atoms with Gasteiger partial charge in [-0.2, -0.15) is 5.10 Å². The highest BCUT2D eigenvalue weighted by Gasteiger charge is 2.38. The number of aromatic hydroxyl groups is 1. The molecule has 0 aromatic heterocycles. The van der Waals surface area contributed by atoms with E-state index in [1.165, 1.54) is 6.07 Å². The molecule has 2 N–H and O–H groups in total. The van der Waals surface area contributed by atoms with Crippen LogP contribution in [-0.2, 0) is 4.79 Å². The average Bonchev–Trinajstić information content (AvgIpc) is 2.85. The van der Waals surface area contributed by atoms with E-state index in [-0.39, 0.29) is 17.8 Å². The number of anilines is 1. The number of fused-ring (bicyclic) bond motifs is 1. The number of phenolic OH excluding ortho intramolecular Hbond substituents is 1. The fourth-order valence-electron chi connectivity index (χ4n) is 2.49. The SMILES string of the molecule is CC1=CC(C)=NC2C(C(=O)Nc3ccccc3O)C=NN12. The van der Waals surface area contributed by atoms with E-state index in [1.54, 1.807) is 29.4 Å². The summed E-state index contributed by atoms with van der Waals surface area (Å²) in [5.41, 5.74) is 2.22. The molecule has 0 saturated heterocycles. The number of nitrogens with one attached hydrogen (secondary N) is 1. The minimum Gasteiger partial charge on any atom is -0.506 e. The van der Waals surface area contributed by atoms with Crippen LogP contribution in [0.25, 0.3) is 0 Å². The van der Waals surface area contributed by atoms with Crippen molar-refractivity contribution in [3.63, 3.8) is 0 Å². The van der Waals surface area contributed by atoms with E-state index in [0.717, 1.165) is 11.4 Å². The van der Waals surface area contributed by atoms with Crippen LogP contribution in [0.15, 0.2) is 46.1 Å². The molecule has 6 nitrogen and oxygen atoms in total. The zero-order valence-electron chi connectivity index (χ0n) is 11.8. The highest BCUT2D eigenvalue weighted by Crippen LogP contribution is 2.29. The fraction of sp³-hybridized carbons (Fsp3) is 0.267. The Morgan fingerprint density at radius 2 is 2.10 bits per heavy atom. The second-order valence-corrected chi connectivity index (χ2v) is 5.11.